The number of carbonyl (C=O) groups is 1. The molecule has 0 aliphatic heterocycles. The van der Waals surface area contributed by atoms with Gasteiger partial charge < -0.3 is 4.42 Å². The van der Waals surface area contributed by atoms with Crippen molar-refractivity contribution in [2.24, 2.45) is 0 Å². The van der Waals surface area contributed by atoms with E-state index in [1.807, 2.05) is 6.07 Å². The monoisotopic (exact) mass is 430 g/mol. The number of thiazole rings is 1. The van der Waals surface area contributed by atoms with Gasteiger partial charge in [-0.15, -0.1) is 11.3 Å². The minimum atomic E-state index is -0.553. The van der Waals surface area contributed by atoms with E-state index in [-0.39, 0.29) is 5.76 Å². The molecule has 0 aliphatic carbocycles. The van der Waals surface area contributed by atoms with Crippen LogP contribution >= 0.6 is 34.5 Å². The average molecular weight is 431 g/mol. The first-order chi connectivity index (χ1) is 13.5. The second-order valence-electron chi connectivity index (χ2n) is 6.00. The van der Waals surface area contributed by atoms with E-state index in [1.54, 1.807) is 42.6 Å². The van der Waals surface area contributed by atoms with Gasteiger partial charge in [0.15, 0.2) is 10.9 Å². The highest BCUT2D eigenvalue weighted by molar-refractivity contribution is 7.15. The molecule has 0 atom stereocenters. The average Bonchev–Trinajstić information content (AvgIpc) is 3.11. The zero-order valence-electron chi connectivity index (χ0n) is 14.2. The molecule has 1 amide bonds. The van der Waals surface area contributed by atoms with E-state index >= 15 is 0 Å². The number of anilines is 1. The van der Waals surface area contributed by atoms with Crippen LogP contribution in [-0.4, -0.2) is 10.9 Å². The second-order valence-corrected chi connectivity index (χ2v) is 7.93. The number of amides is 1. The number of hydrogen-bond donors (Lipinski definition) is 1. The Bertz CT molecular complexity index is 1250. The molecule has 0 aliphatic rings. The van der Waals surface area contributed by atoms with Crippen LogP contribution in [0.1, 0.15) is 21.0 Å². The van der Waals surface area contributed by atoms with Gasteiger partial charge in [-0.05, 0) is 35.2 Å². The lowest BCUT2D eigenvalue weighted by Crippen LogP contribution is -2.14. The molecule has 4 rings (SSSR count). The van der Waals surface area contributed by atoms with Crippen LogP contribution < -0.4 is 10.9 Å². The maximum Gasteiger partial charge on any atom is 0.344 e. The van der Waals surface area contributed by atoms with Crippen molar-refractivity contribution < 1.29 is 9.21 Å². The van der Waals surface area contributed by atoms with Gasteiger partial charge in [-0.1, -0.05) is 47.5 Å². The maximum atomic E-state index is 12.5. The van der Waals surface area contributed by atoms with Crippen LogP contribution in [0.15, 0.2) is 63.9 Å². The van der Waals surface area contributed by atoms with Crippen molar-refractivity contribution in [3.63, 3.8) is 0 Å². The van der Waals surface area contributed by atoms with Gasteiger partial charge in [0.05, 0.1) is 15.4 Å². The number of carbonyl (C=O) groups excluding carboxylic acids is 1. The molecule has 1 N–H and O–H groups in total. The molecule has 140 valence electrons. The summed E-state index contributed by atoms with van der Waals surface area (Å²) < 4.78 is 5.13. The van der Waals surface area contributed by atoms with Gasteiger partial charge in [0.25, 0.3) is 5.91 Å². The highest BCUT2D eigenvalue weighted by atomic mass is 35.5. The fourth-order valence-corrected chi connectivity index (χ4v) is 3.87. The first-order valence-electron chi connectivity index (χ1n) is 8.22. The summed E-state index contributed by atoms with van der Waals surface area (Å²) in [5, 5.41) is 5.14. The molecule has 2 aromatic carbocycles. The Morgan fingerprint density at radius 1 is 1.11 bits per heavy atom. The van der Waals surface area contributed by atoms with E-state index in [4.69, 9.17) is 27.6 Å². The highest BCUT2D eigenvalue weighted by Gasteiger charge is 2.14. The SMILES string of the molecule is O=C(Nc1ncc(Cc2ccc(Cl)c(Cl)c2)s1)c1cc2ccccc2c(=O)o1. The normalized spacial score (nSPS) is 10.9. The van der Waals surface area contributed by atoms with Crippen molar-refractivity contribution in [1.29, 1.82) is 0 Å². The summed E-state index contributed by atoms with van der Waals surface area (Å²) in [4.78, 5) is 29.6. The van der Waals surface area contributed by atoms with Crippen molar-refractivity contribution >= 4 is 56.3 Å². The smallest absolute Gasteiger partial charge is 0.344 e. The molecule has 0 unspecified atom stereocenters. The Hall–Kier alpha value is -2.67. The Balaban J connectivity index is 1.51. The molecule has 0 bridgehead atoms. The van der Waals surface area contributed by atoms with E-state index in [1.165, 1.54) is 17.4 Å². The number of hydrogen-bond acceptors (Lipinski definition) is 5. The lowest BCUT2D eigenvalue weighted by atomic mass is 10.1. The number of halogens is 2. The molecule has 5 nitrogen and oxygen atoms in total. The number of nitrogens with one attached hydrogen (secondary N) is 1. The summed E-state index contributed by atoms with van der Waals surface area (Å²) in [5.74, 6) is -0.594. The molecule has 0 fully saturated rings. The molecule has 28 heavy (non-hydrogen) atoms. The standard InChI is InChI=1S/C20H12Cl2N2O3S/c21-15-6-5-11(8-16(15)22)7-13-10-23-20(28-13)24-18(25)17-9-12-3-1-2-4-14(12)19(26)27-17/h1-6,8-10H,7H2,(H,23,24,25). The summed E-state index contributed by atoms with van der Waals surface area (Å²) >= 11 is 13.3. The topological polar surface area (TPSA) is 72.2 Å². The summed E-state index contributed by atoms with van der Waals surface area (Å²) in [6, 6.07) is 13.9. The van der Waals surface area contributed by atoms with Gasteiger partial charge in [-0.25, -0.2) is 9.78 Å². The minimum absolute atomic E-state index is 0.0649. The number of fused-ring (bicyclic) bond motifs is 1. The predicted molar refractivity (Wildman–Crippen MR) is 112 cm³/mol. The van der Waals surface area contributed by atoms with Crippen molar-refractivity contribution in [2.75, 3.05) is 5.32 Å². The molecule has 8 heteroatoms. The third-order valence-corrected chi connectivity index (χ3v) is 5.68. The quantitative estimate of drug-likeness (QED) is 0.470. The van der Waals surface area contributed by atoms with E-state index in [0.717, 1.165) is 10.4 Å². The molecule has 0 radical (unpaired) electrons. The fourth-order valence-electron chi connectivity index (χ4n) is 2.70. The predicted octanol–water partition coefficient (Wildman–Crippen LogP) is 5.40. The Morgan fingerprint density at radius 2 is 1.93 bits per heavy atom. The zero-order valence-corrected chi connectivity index (χ0v) is 16.6. The fraction of sp³-hybridized carbons (Fsp3) is 0.0500. The largest absolute Gasteiger partial charge is 0.417 e. The first kappa shape index (κ1) is 18.7. The molecular weight excluding hydrogens is 419 g/mol. The van der Waals surface area contributed by atoms with E-state index < -0.39 is 11.5 Å². The van der Waals surface area contributed by atoms with Crippen LogP contribution in [0.25, 0.3) is 10.8 Å². The summed E-state index contributed by atoms with van der Waals surface area (Å²) in [6.07, 6.45) is 2.29. The van der Waals surface area contributed by atoms with Crippen molar-refractivity contribution in [1.82, 2.24) is 4.98 Å². The number of benzene rings is 2. The Kier molecular flexibility index (Phi) is 5.17. The van der Waals surface area contributed by atoms with Crippen LogP contribution in [-0.2, 0) is 6.42 Å². The summed E-state index contributed by atoms with van der Waals surface area (Å²) in [6.45, 7) is 0. The molecule has 0 spiro atoms. The van der Waals surface area contributed by atoms with Crippen molar-refractivity contribution in [3.05, 3.63) is 91.4 Å². The maximum absolute atomic E-state index is 12.5. The highest BCUT2D eigenvalue weighted by Crippen LogP contribution is 2.26. The van der Waals surface area contributed by atoms with Gasteiger partial charge >= 0.3 is 5.63 Å². The first-order valence-corrected chi connectivity index (χ1v) is 9.80. The van der Waals surface area contributed by atoms with Gasteiger partial charge in [0, 0.05) is 17.5 Å². The van der Waals surface area contributed by atoms with Gasteiger partial charge in [-0.3, -0.25) is 10.1 Å². The van der Waals surface area contributed by atoms with Crippen molar-refractivity contribution in [2.45, 2.75) is 6.42 Å². The molecular formula is C20H12Cl2N2O3S. The number of nitrogens with zero attached hydrogens (tertiary/aromatic N) is 1. The molecule has 2 aromatic heterocycles. The third-order valence-electron chi connectivity index (χ3n) is 4.03. The summed E-state index contributed by atoms with van der Waals surface area (Å²) in [7, 11) is 0. The van der Waals surface area contributed by atoms with E-state index in [2.05, 4.69) is 10.3 Å². The molecule has 4 aromatic rings. The minimum Gasteiger partial charge on any atom is -0.417 e. The molecule has 2 heterocycles. The van der Waals surface area contributed by atoms with Gasteiger partial charge in [0.1, 0.15) is 0 Å². The second kappa shape index (κ2) is 7.75. The van der Waals surface area contributed by atoms with E-state index in [0.29, 0.717) is 32.4 Å². The van der Waals surface area contributed by atoms with Crippen LogP contribution in [0.4, 0.5) is 5.13 Å². The van der Waals surface area contributed by atoms with Crippen LogP contribution in [0.3, 0.4) is 0 Å². The van der Waals surface area contributed by atoms with Gasteiger partial charge in [-0.2, -0.15) is 0 Å². The number of aromatic nitrogens is 1. The third kappa shape index (κ3) is 3.94. The Labute approximate surface area is 173 Å². The van der Waals surface area contributed by atoms with Crippen LogP contribution in [0.2, 0.25) is 10.0 Å². The summed E-state index contributed by atoms with van der Waals surface area (Å²) in [5.41, 5.74) is 0.430. The van der Waals surface area contributed by atoms with Crippen LogP contribution in [0.5, 0.6) is 0 Å². The lowest BCUT2D eigenvalue weighted by Gasteiger charge is -2.02. The zero-order chi connectivity index (χ0) is 19.7. The lowest BCUT2D eigenvalue weighted by molar-refractivity contribution is 0.0993. The molecule has 0 saturated heterocycles. The van der Waals surface area contributed by atoms with E-state index in [9.17, 15) is 9.59 Å². The molecule has 0 saturated carbocycles. The number of rotatable bonds is 4. The van der Waals surface area contributed by atoms with Gasteiger partial charge in [0.2, 0.25) is 0 Å². The van der Waals surface area contributed by atoms with Crippen LogP contribution in [0, 0.1) is 0 Å². The Morgan fingerprint density at radius 3 is 2.75 bits per heavy atom. The van der Waals surface area contributed by atoms with Crippen molar-refractivity contribution in [3.8, 4) is 0 Å².